The van der Waals surface area contributed by atoms with E-state index in [1.807, 2.05) is 30.3 Å². The molecule has 49 heavy (non-hydrogen) atoms. The number of carbonyl (C=O) groups excluding carboxylic acids is 2. The molecule has 1 saturated heterocycles. The number of allylic oxidation sites excluding steroid dienone is 1. The van der Waals surface area contributed by atoms with Gasteiger partial charge in [0.15, 0.2) is 5.76 Å². The SMILES string of the molecule is COC(=O)c1ccc([C@H]2C=C(C(=O)N3CCN(Cc4ccccc4)CC3)O[C@@H](OCCN(CCO)S(=O)(=O)c3ccc(OC)cc3)C2)cc1. The van der Waals surface area contributed by atoms with Crippen molar-refractivity contribution in [2.75, 3.05) is 66.7 Å². The van der Waals surface area contributed by atoms with E-state index in [4.69, 9.17) is 18.9 Å². The number of piperazine rings is 1. The van der Waals surface area contributed by atoms with E-state index in [-0.39, 0.29) is 48.8 Å². The van der Waals surface area contributed by atoms with Gasteiger partial charge in [0.25, 0.3) is 5.91 Å². The number of amides is 1. The van der Waals surface area contributed by atoms with E-state index in [9.17, 15) is 23.1 Å². The number of aliphatic hydroxyl groups is 1. The Balaban J connectivity index is 1.27. The Kier molecular flexibility index (Phi) is 12.4. The van der Waals surface area contributed by atoms with E-state index in [2.05, 4.69) is 17.0 Å². The molecule has 3 aromatic rings. The predicted molar refractivity (Wildman–Crippen MR) is 181 cm³/mol. The van der Waals surface area contributed by atoms with Crippen LogP contribution in [-0.2, 0) is 35.6 Å². The van der Waals surface area contributed by atoms with Crippen molar-refractivity contribution in [2.45, 2.75) is 30.1 Å². The normalized spacial score (nSPS) is 18.4. The lowest BCUT2D eigenvalue weighted by molar-refractivity contribution is -0.154. The number of methoxy groups -OCH3 is 2. The summed E-state index contributed by atoms with van der Waals surface area (Å²) in [6, 6.07) is 23.2. The standard InChI is InChI=1S/C36H43N3O9S/c1-45-31-12-14-32(15-13-31)49(43,44)39(20-22-40)21-23-47-34-25-30(28-8-10-29(11-9-28)36(42)46-2)24-33(48-34)35(41)38-18-16-37(17-19-38)26-27-6-4-3-5-7-27/h3-15,24,30,34,40H,16-23,25-26H2,1-2H3/t30-,34+/m0/s1. The fourth-order valence-electron chi connectivity index (χ4n) is 5.88. The summed E-state index contributed by atoms with van der Waals surface area (Å²) in [5.41, 5.74) is 2.48. The number of rotatable bonds is 14. The lowest BCUT2D eigenvalue weighted by atomic mass is 9.92. The van der Waals surface area contributed by atoms with Gasteiger partial charge in [0.05, 0.1) is 37.9 Å². The van der Waals surface area contributed by atoms with Crippen molar-refractivity contribution in [1.29, 1.82) is 0 Å². The molecular weight excluding hydrogens is 650 g/mol. The molecule has 3 aromatic carbocycles. The lowest BCUT2D eigenvalue weighted by Crippen LogP contribution is -2.49. The van der Waals surface area contributed by atoms with E-state index in [0.717, 1.165) is 29.5 Å². The van der Waals surface area contributed by atoms with Gasteiger partial charge in [-0.15, -0.1) is 0 Å². The molecule has 2 aliphatic heterocycles. The smallest absolute Gasteiger partial charge is 0.337 e. The molecule has 13 heteroatoms. The van der Waals surface area contributed by atoms with Gasteiger partial charge in [-0.25, -0.2) is 13.2 Å². The maximum absolute atomic E-state index is 13.8. The third-order valence-corrected chi connectivity index (χ3v) is 10.5. The zero-order chi connectivity index (χ0) is 34.8. The first kappa shape index (κ1) is 36.0. The number of nitrogens with zero attached hydrogens (tertiary/aromatic N) is 3. The number of carbonyl (C=O) groups is 2. The predicted octanol–water partition coefficient (Wildman–Crippen LogP) is 3.24. The second-order valence-corrected chi connectivity index (χ2v) is 13.7. The first-order chi connectivity index (χ1) is 23.7. The number of hydrogen-bond donors (Lipinski definition) is 1. The zero-order valence-corrected chi connectivity index (χ0v) is 28.6. The first-order valence-electron chi connectivity index (χ1n) is 16.2. The molecule has 1 fully saturated rings. The van der Waals surface area contributed by atoms with E-state index >= 15 is 0 Å². The van der Waals surface area contributed by atoms with E-state index < -0.39 is 22.3 Å². The molecule has 0 spiro atoms. The number of sulfonamides is 1. The molecule has 0 aliphatic carbocycles. The Bertz CT molecular complexity index is 1670. The number of aliphatic hydroxyl groups excluding tert-OH is 1. The highest BCUT2D eigenvalue weighted by Gasteiger charge is 2.33. The summed E-state index contributed by atoms with van der Waals surface area (Å²) in [7, 11) is -1.12. The third-order valence-electron chi connectivity index (χ3n) is 8.63. The average molecular weight is 694 g/mol. The quantitative estimate of drug-likeness (QED) is 0.251. The number of hydrogen-bond acceptors (Lipinski definition) is 10. The Hall–Kier alpha value is -4.27. The molecular formula is C36H43N3O9S. The van der Waals surface area contributed by atoms with Gasteiger partial charge < -0.3 is 29.0 Å². The largest absolute Gasteiger partial charge is 0.497 e. The molecule has 0 aromatic heterocycles. The molecule has 0 unspecified atom stereocenters. The molecule has 1 amide bonds. The van der Waals surface area contributed by atoms with Crippen molar-refractivity contribution < 1.29 is 42.1 Å². The van der Waals surface area contributed by atoms with Crippen molar-refractivity contribution >= 4 is 21.9 Å². The van der Waals surface area contributed by atoms with Crippen molar-refractivity contribution in [3.05, 3.63) is 107 Å². The van der Waals surface area contributed by atoms with Gasteiger partial charge in [-0.2, -0.15) is 4.31 Å². The summed E-state index contributed by atoms with van der Waals surface area (Å²) < 4.78 is 50.1. The average Bonchev–Trinajstić information content (AvgIpc) is 3.14. The summed E-state index contributed by atoms with van der Waals surface area (Å²) in [5, 5.41) is 9.64. The Morgan fingerprint density at radius 1 is 0.918 bits per heavy atom. The fourth-order valence-corrected chi connectivity index (χ4v) is 7.30. The van der Waals surface area contributed by atoms with Crippen LogP contribution in [0.1, 0.15) is 33.8 Å². The molecule has 1 N–H and O–H groups in total. The summed E-state index contributed by atoms with van der Waals surface area (Å²) >= 11 is 0. The van der Waals surface area contributed by atoms with Crippen LogP contribution in [0.4, 0.5) is 0 Å². The molecule has 262 valence electrons. The van der Waals surface area contributed by atoms with Crippen LogP contribution in [0.2, 0.25) is 0 Å². The Morgan fingerprint density at radius 2 is 1.61 bits per heavy atom. The van der Waals surface area contributed by atoms with Gasteiger partial charge >= 0.3 is 5.97 Å². The molecule has 12 nitrogen and oxygen atoms in total. The van der Waals surface area contributed by atoms with Gasteiger partial charge in [-0.1, -0.05) is 42.5 Å². The molecule has 0 saturated carbocycles. The van der Waals surface area contributed by atoms with Crippen molar-refractivity contribution in [3.63, 3.8) is 0 Å². The second kappa shape index (κ2) is 16.9. The fraction of sp³-hybridized carbons (Fsp3) is 0.389. The Labute approximate surface area is 287 Å². The Morgan fingerprint density at radius 3 is 2.24 bits per heavy atom. The molecule has 2 heterocycles. The molecule has 2 aliphatic rings. The van der Waals surface area contributed by atoms with Crippen molar-refractivity contribution in [3.8, 4) is 5.75 Å². The maximum atomic E-state index is 13.8. The summed E-state index contributed by atoms with van der Waals surface area (Å²) in [6.07, 6.45) is 1.29. The van der Waals surface area contributed by atoms with E-state index in [0.29, 0.717) is 30.8 Å². The van der Waals surface area contributed by atoms with Crippen LogP contribution >= 0.6 is 0 Å². The molecule has 0 bridgehead atoms. The van der Waals surface area contributed by atoms with Crippen molar-refractivity contribution in [2.24, 2.45) is 0 Å². The number of benzene rings is 3. The van der Waals surface area contributed by atoms with E-state index in [1.165, 1.54) is 31.9 Å². The third kappa shape index (κ3) is 9.25. The highest BCUT2D eigenvalue weighted by atomic mass is 32.2. The minimum atomic E-state index is -3.94. The van der Waals surface area contributed by atoms with Gasteiger partial charge in [0, 0.05) is 58.2 Å². The van der Waals surface area contributed by atoms with Crippen molar-refractivity contribution in [1.82, 2.24) is 14.1 Å². The van der Waals surface area contributed by atoms with Gasteiger partial charge in [0.1, 0.15) is 5.75 Å². The first-order valence-corrected chi connectivity index (χ1v) is 17.6. The van der Waals surface area contributed by atoms with Crippen LogP contribution in [0.25, 0.3) is 0 Å². The maximum Gasteiger partial charge on any atom is 0.337 e. The summed E-state index contributed by atoms with van der Waals surface area (Å²) in [5.74, 6) is -0.289. The minimum Gasteiger partial charge on any atom is -0.497 e. The summed E-state index contributed by atoms with van der Waals surface area (Å²) in [4.78, 5) is 30.0. The monoisotopic (exact) mass is 693 g/mol. The summed E-state index contributed by atoms with van der Waals surface area (Å²) in [6.45, 7) is 2.72. The highest BCUT2D eigenvalue weighted by Crippen LogP contribution is 2.33. The topological polar surface area (TPSA) is 135 Å². The van der Waals surface area contributed by atoms with Gasteiger partial charge in [0.2, 0.25) is 16.3 Å². The molecule has 2 atom stereocenters. The van der Waals surface area contributed by atoms with Gasteiger partial charge in [-0.05, 0) is 53.6 Å². The zero-order valence-electron chi connectivity index (χ0n) is 27.8. The lowest BCUT2D eigenvalue weighted by Gasteiger charge is -2.36. The second-order valence-electron chi connectivity index (χ2n) is 11.8. The minimum absolute atomic E-state index is 0.0479. The van der Waals surface area contributed by atoms with Gasteiger partial charge in [-0.3, -0.25) is 9.69 Å². The number of ether oxygens (including phenoxy) is 4. The van der Waals surface area contributed by atoms with Crippen LogP contribution in [0.3, 0.4) is 0 Å². The van der Waals surface area contributed by atoms with Crippen LogP contribution in [0.15, 0.2) is 95.6 Å². The molecule has 5 rings (SSSR count). The highest BCUT2D eigenvalue weighted by molar-refractivity contribution is 7.89. The molecule has 0 radical (unpaired) electrons. The number of esters is 1. The van der Waals surface area contributed by atoms with Crippen LogP contribution in [0.5, 0.6) is 5.75 Å². The van der Waals surface area contributed by atoms with Crippen LogP contribution in [-0.4, -0.2) is 112 Å². The van der Waals surface area contributed by atoms with Crippen LogP contribution < -0.4 is 4.74 Å². The van der Waals surface area contributed by atoms with Crippen LogP contribution in [0, 0.1) is 0 Å². The van der Waals surface area contributed by atoms with E-state index in [1.54, 1.807) is 35.2 Å².